The topological polar surface area (TPSA) is 66.8 Å². The van der Waals surface area contributed by atoms with Crippen LogP contribution in [0.1, 0.15) is 34.8 Å². The van der Waals surface area contributed by atoms with Crippen molar-refractivity contribution in [3.63, 3.8) is 0 Å². The van der Waals surface area contributed by atoms with Crippen molar-refractivity contribution in [3.05, 3.63) is 65.2 Å². The van der Waals surface area contributed by atoms with Crippen LogP contribution in [-0.2, 0) is 17.8 Å². The summed E-state index contributed by atoms with van der Waals surface area (Å²) in [6.07, 6.45) is 2.10. The highest BCUT2D eigenvalue weighted by atomic mass is 16.5. The molecule has 0 radical (unpaired) electrons. The number of ether oxygens (including phenoxy) is 1. The second-order valence-corrected chi connectivity index (χ2v) is 5.93. The van der Waals surface area contributed by atoms with E-state index in [4.69, 9.17) is 9.84 Å². The molecule has 0 heterocycles. The van der Waals surface area contributed by atoms with E-state index >= 15 is 0 Å². The van der Waals surface area contributed by atoms with Crippen LogP contribution in [0.25, 0.3) is 0 Å². The van der Waals surface area contributed by atoms with Gasteiger partial charge >= 0.3 is 5.97 Å². The lowest BCUT2D eigenvalue weighted by molar-refractivity contribution is -0.139. The second kappa shape index (κ2) is 8.87. The predicted octanol–water partition coefficient (Wildman–Crippen LogP) is 3.37. The molecule has 0 aromatic heterocycles. The molecule has 2 aromatic rings. The first-order chi connectivity index (χ1) is 12.0. The zero-order valence-electron chi connectivity index (χ0n) is 14.6. The summed E-state index contributed by atoms with van der Waals surface area (Å²) in [5.74, 6) is -0.555. The molecule has 5 heteroatoms. The smallest absolute Gasteiger partial charge is 0.341 e. The van der Waals surface area contributed by atoms with Crippen molar-refractivity contribution in [2.45, 2.75) is 26.3 Å². The largest absolute Gasteiger partial charge is 0.482 e. The number of rotatable bonds is 8. The van der Waals surface area contributed by atoms with Crippen LogP contribution in [0.5, 0.6) is 5.75 Å². The maximum Gasteiger partial charge on any atom is 0.341 e. The molecule has 132 valence electrons. The zero-order valence-corrected chi connectivity index (χ0v) is 14.6. The Morgan fingerprint density at radius 1 is 1.00 bits per heavy atom. The number of carboxylic acid groups (broad SMARTS) is 1. The summed E-state index contributed by atoms with van der Waals surface area (Å²) < 4.78 is 5.10. The number of hydrogen-bond donors (Lipinski definition) is 1. The average Bonchev–Trinajstić information content (AvgIpc) is 2.61. The fraction of sp³-hybridized carbons (Fsp3) is 0.300. The van der Waals surface area contributed by atoms with Crippen LogP contribution in [0.3, 0.4) is 0 Å². The molecule has 0 atom stereocenters. The van der Waals surface area contributed by atoms with Crippen LogP contribution in [-0.4, -0.2) is 35.5 Å². The Morgan fingerprint density at radius 2 is 1.60 bits per heavy atom. The summed E-state index contributed by atoms with van der Waals surface area (Å²) in [7, 11) is 1.76. The van der Waals surface area contributed by atoms with Gasteiger partial charge in [0.2, 0.25) is 0 Å². The summed E-state index contributed by atoms with van der Waals surface area (Å²) in [5, 5.41) is 8.60. The Bertz CT molecular complexity index is 707. The maximum absolute atomic E-state index is 12.5. The van der Waals surface area contributed by atoms with Gasteiger partial charge in [0.15, 0.2) is 6.61 Å². The van der Waals surface area contributed by atoms with Gasteiger partial charge in [-0.05, 0) is 41.8 Å². The molecule has 0 fully saturated rings. The fourth-order valence-corrected chi connectivity index (χ4v) is 2.50. The minimum atomic E-state index is -1.01. The number of amides is 1. The van der Waals surface area contributed by atoms with E-state index in [0.29, 0.717) is 17.9 Å². The van der Waals surface area contributed by atoms with E-state index in [1.807, 2.05) is 36.4 Å². The summed E-state index contributed by atoms with van der Waals surface area (Å²) in [5.41, 5.74) is 2.85. The third kappa shape index (κ3) is 5.64. The quantitative estimate of drug-likeness (QED) is 0.799. The highest BCUT2D eigenvalue weighted by Gasteiger charge is 2.12. The van der Waals surface area contributed by atoms with Gasteiger partial charge in [-0.2, -0.15) is 0 Å². The third-order valence-electron chi connectivity index (χ3n) is 3.79. The van der Waals surface area contributed by atoms with E-state index in [1.165, 1.54) is 5.56 Å². The van der Waals surface area contributed by atoms with Crippen molar-refractivity contribution in [1.29, 1.82) is 0 Å². The van der Waals surface area contributed by atoms with Crippen LogP contribution >= 0.6 is 0 Å². The number of carboxylic acids is 1. The Hall–Kier alpha value is -2.82. The van der Waals surface area contributed by atoms with Crippen LogP contribution in [0.15, 0.2) is 48.5 Å². The first-order valence-electron chi connectivity index (χ1n) is 8.27. The lowest BCUT2D eigenvalue weighted by Crippen LogP contribution is -2.26. The summed E-state index contributed by atoms with van der Waals surface area (Å²) in [6, 6.07) is 14.8. The highest BCUT2D eigenvalue weighted by molar-refractivity contribution is 5.94. The monoisotopic (exact) mass is 341 g/mol. The molecule has 0 bridgehead atoms. The van der Waals surface area contributed by atoms with Gasteiger partial charge in [0.05, 0.1) is 0 Å². The lowest BCUT2D eigenvalue weighted by Gasteiger charge is -2.18. The first-order valence-corrected chi connectivity index (χ1v) is 8.27. The molecule has 25 heavy (non-hydrogen) atoms. The SMILES string of the molecule is CCCc1ccc(C(=O)N(C)Cc2ccc(OCC(=O)O)cc2)cc1. The van der Waals surface area contributed by atoms with Gasteiger partial charge in [-0.3, -0.25) is 4.79 Å². The average molecular weight is 341 g/mol. The van der Waals surface area contributed by atoms with Gasteiger partial charge in [0.25, 0.3) is 5.91 Å². The van der Waals surface area contributed by atoms with Crippen LogP contribution in [0.4, 0.5) is 0 Å². The molecule has 0 spiro atoms. The highest BCUT2D eigenvalue weighted by Crippen LogP contribution is 2.15. The third-order valence-corrected chi connectivity index (χ3v) is 3.79. The van der Waals surface area contributed by atoms with Gasteiger partial charge in [0.1, 0.15) is 5.75 Å². The number of nitrogens with zero attached hydrogens (tertiary/aromatic N) is 1. The molecule has 1 N–H and O–H groups in total. The van der Waals surface area contributed by atoms with Gasteiger partial charge in [-0.1, -0.05) is 37.6 Å². The Labute approximate surface area is 147 Å². The minimum absolute atomic E-state index is 0.0331. The van der Waals surface area contributed by atoms with E-state index < -0.39 is 5.97 Å². The fourth-order valence-electron chi connectivity index (χ4n) is 2.50. The first kappa shape index (κ1) is 18.5. The van der Waals surface area contributed by atoms with Crippen LogP contribution < -0.4 is 4.74 Å². The molecule has 0 saturated carbocycles. The second-order valence-electron chi connectivity index (χ2n) is 5.93. The van der Waals surface area contributed by atoms with Crippen molar-refractivity contribution in [3.8, 4) is 5.75 Å². The van der Waals surface area contributed by atoms with Gasteiger partial charge in [0, 0.05) is 19.2 Å². The molecule has 2 aromatic carbocycles. The number of hydrogen-bond acceptors (Lipinski definition) is 3. The number of carbonyl (C=O) groups is 2. The summed E-state index contributed by atoms with van der Waals surface area (Å²) in [6.45, 7) is 2.23. The molecule has 0 aliphatic carbocycles. The molecular formula is C20H23NO4. The Morgan fingerprint density at radius 3 is 2.16 bits per heavy atom. The molecule has 1 amide bonds. The number of benzene rings is 2. The molecular weight excluding hydrogens is 318 g/mol. The minimum Gasteiger partial charge on any atom is -0.482 e. The van der Waals surface area contributed by atoms with E-state index in [-0.39, 0.29) is 12.5 Å². The zero-order chi connectivity index (χ0) is 18.2. The summed E-state index contributed by atoms with van der Waals surface area (Å²) in [4.78, 5) is 24.6. The maximum atomic E-state index is 12.5. The van der Waals surface area contributed by atoms with Crippen molar-refractivity contribution in [1.82, 2.24) is 4.90 Å². The van der Waals surface area contributed by atoms with Crippen molar-refractivity contribution in [2.24, 2.45) is 0 Å². The van der Waals surface area contributed by atoms with Crippen molar-refractivity contribution in [2.75, 3.05) is 13.7 Å². The van der Waals surface area contributed by atoms with Crippen molar-refractivity contribution < 1.29 is 19.4 Å². The van der Waals surface area contributed by atoms with Gasteiger partial charge < -0.3 is 14.7 Å². The number of aliphatic carboxylic acids is 1. The standard InChI is InChI=1S/C20H23NO4/c1-3-4-15-5-9-17(10-6-15)20(24)21(2)13-16-7-11-18(12-8-16)25-14-19(22)23/h5-12H,3-4,13-14H2,1-2H3,(H,22,23). The number of carbonyl (C=O) groups excluding carboxylic acids is 1. The van der Waals surface area contributed by atoms with E-state index in [9.17, 15) is 9.59 Å². The Kier molecular flexibility index (Phi) is 6.57. The summed E-state index contributed by atoms with van der Waals surface area (Å²) >= 11 is 0. The molecule has 0 unspecified atom stereocenters. The molecule has 2 rings (SSSR count). The molecule has 0 aliphatic rings. The lowest BCUT2D eigenvalue weighted by atomic mass is 10.1. The number of aryl methyl sites for hydroxylation is 1. The van der Waals surface area contributed by atoms with Crippen molar-refractivity contribution >= 4 is 11.9 Å². The van der Waals surface area contributed by atoms with Crippen LogP contribution in [0, 0.1) is 0 Å². The van der Waals surface area contributed by atoms with E-state index in [1.54, 1.807) is 24.1 Å². The van der Waals surface area contributed by atoms with Gasteiger partial charge in [-0.25, -0.2) is 4.79 Å². The normalized spacial score (nSPS) is 10.3. The molecule has 0 saturated heterocycles. The predicted molar refractivity (Wildman–Crippen MR) is 95.8 cm³/mol. The molecule has 5 nitrogen and oxygen atoms in total. The van der Waals surface area contributed by atoms with Gasteiger partial charge in [-0.15, -0.1) is 0 Å². The van der Waals surface area contributed by atoms with Crippen LogP contribution in [0.2, 0.25) is 0 Å². The van der Waals surface area contributed by atoms with E-state index in [2.05, 4.69) is 6.92 Å². The Balaban J connectivity index is 1.94. The van der Waals surface area contributed by atoms with E-state index in [0.717, 1.165) is 18.4 Å². The molecule has 0 aliphatic heterocycles.